The first-order valence-corrected chi connectivity index (χ1v) is 7.51. The Morgan fingerprint density at radius 3 is 2.48 bits per heavy atom. The molecule has 0 unspecified atom stereocenters. The summed E-state index contributed by atoms with van der Waals surface area (Å²) in [5.41, 5.74) is -0.595. The van der Waals surface area contributed by atoms with Crippen molar-refractivity contribution in [2.75, 3.05) is 27.2 Å². The van der Waals surface area contributed by atoms with Gasteiger partial charge >= 0.3 is 0 Å². The van der Waals surface area contributed by atoms with Gasteiger partial charge in [0.05, 0.1) is 13.0 Å². The van der Waals surface area contributed by atoms with Crippen molar-refractivity contribution in [2.24, 2.45) is 5.92 Å². The topological polar surface area (TPSA) is 49.9 Å². The van der Waals surface area contributed by atoms with Crippen molar-refractivity contribution in [1.82, 2.24) is 9.80 Å². The number of hydrogen-bond acceptors (Lipinski definition) is 3. The van der Waals surface area contributed by atoms with E-state index in [1.54, 1.807) is 11.9 Å². The smallest absolute Gasteiger partial charge is 0.259 e. The number of nitrogens with zero attached hydrogens (tertiary/aromatic N) is 2. The van der Waals surface area contributed by atoms with E-state index >= 15 is 0 Å². The maximum atomic E-state index is 14.1. The minimum Gasteiger partial charge on any atom is -0.497 e. The van der Waals surface area contributed by atoms with Crippen molar-refractivity contribution in [3.63, 3.8) is 0 Å². The van der Waals surface area contributed by atoms with Crippen molar-refractivity contribution in [1.29, 1.82) is 0 Å². The predicted molar refractivity (Wildman–Crippen MR) is 78.1 cm³/mol. The molecule has 3 aliphatic heterocycles. The first-order chi connectivity index (χ1) is 10.9. The van der Waals surface area contributed by atoms with E-state index in [0.29, 0.717) is 13.0 Å². The third-order valence-electron chi connectivity index (χ3n) is 4.72. The molecule has 0 N–H and O–H groups in total. The summed E-state index contributed by atoms with van der Waals surface area (Å²) in [6.07, 6.45) is 1.50. The van der Waals surface area contributed by atoms with Crippen LogP contribution in [0.3, 0.4) is 0 Å². The average molecular weight is 324 g/mol. The Morgan fingerprint density at radius 1 is 1.22 bits per heavy atom. The van der Waals surface area contributed by atoms with Gasteiger partial charge in [-0.25, -0.2) is 8.78 Å². The first kappa shape index (κ1) is 15.7. The van der Waals surface area contributed by atoms with Crippen LogP contribution in [0.2, 0.25) is 0 Å². The molecule has 3 aliphatic rings. The second-order valence-corrected chi connectivity index (χ2v) is 6.05. The Balaban J connectivity index is 1.91. The first-order valence-electron chi connectivity index (χ1n) is 7.51. The molecule has 0 aromatic heterocycles. The van der Waals surface area contributed by atoms with Gasteiger partial charge in [-0.2, -0.15) is 0 Å². The number of ether oxygens (including phenoxy) is 1. The SMILES string of the molecule is COc1cc(F)c(C(=O)N2C[C@H]3CC[C@@H](C2)N(C)C3=O)c(F)c1. The number of benzene rings is 1. The van der Waals surface area contributed by atoms with Gasteiger partial charge < -0.3 is 14.5 Å². The highest BCUT2D eigenvalue weighted by Gasteiger charge is 2.41. The molecular formula is C16H18F2N2O3. The van der Waals surface area contributed by atoms with Crippen LogP contribution in [-0.2, 0) is 4.79 Å². The normalized spacial score (nSPS) is 23.9. The Bertz CT molecular complexity index is 642. The summed E-state index contributed by atoms with van der Waals surface area (Å²) in [5.74, 6) is -2.92. The number of carbonyl (C=O) groups excluding carboxylic acids is 2. The van der Waals surface area contributed by atoms with Gasteiger partial charge in [0, 0.05) is 38.3 Å². The number of hydrogen-bond donors (Lipinski definition) is 0. The van der Waals surface area contributed by atoms with Gasteiger partial charge in [0.2, 0.25) is 5.91 Å². The van der Waals surface area contributed by atoms with E-state index in [-0.39, 0.29) is 30.2 Å². The van der Waals surface area contributed by atoms with Crippen LogP contribution in [0.25, 0.3) is 0 Å². The molecule has 23 heavy (non-hydrogen) atoms. The molecule has 7 heteroatoms. The second-order valence-electron chi connectivity index (χ2n) is 6.05. The molecule has 4 rings (SSSR count). The lowest BCUT2D eigenvalue weighted by molar-refractivity contribution is -0.138. The van der Waals surface area contributed by atoms with Gasteiger partial charge in [0.1, 0.15) is 22.9 Å². The average Bonchev–Trinajstić information content (AvgIpc) is 2.80. The molecule has 0 spiro atoms. The van der Waals surface area contributed by atoms with Crippen molar-refractivity contribution in [3.8, 4) is 5.75 Å². The minimum absolute atomic E-state index is 0.00720. The molecule has 0 aliphatic carbocycles. The molecule has 0 saturated carbocycles. The summed E-state index contributed by atoms with van der Waals surface area (Å²) in [5, 5.41) is 0. The van der Waals surface area contributed by atoms with E-state index in [9.17, 15) is 18.4 Å². The van der Waals surface area contributed by atoms with Crippen LogP contribution in [-0.4, -0.2) is 54.9 Å². The molecule has 2 bridgehead atoms. The molecule has 2 atom stereocenters. The zero-order valence-corrected chi connectivity index (χ0v) is 13.0. The molecular weight excluding hydrogens is 306 g/mol. The Kier molecular flexibility index (Phi) is 3.95. The minimum atomic E-state index is -0.955. The van der Waals surface area contributed by atoms with Crippen LogP contribution in [0.5, 0.6) is 5.75 Å². The van der Waals surface area contributed by atoms with Gasteiger partial charge in [-0.3, -0.25) is 9.59 Å². The summed E-state index contributed by atoms with van der Waals surface area (Å²) >= 11 is 0. The molecule has 1 aromatic rings. The van der Waals surface area contributed by atoms with Gasteiger partial charge in [-0.05, 0) is 12.8 Å². The van der Waals surface area contributed by atoms with Gasteiger partial charge in [0.25, 0.3) is 5.91 Å². The summed E-state index contributed by atoms with van der Waals surface area (Å²) in [4.78, 5) is 27.8. The van der Waals surface area contributed by atoms with Crippen LogP contribution < -0.4 is 4.74 Å². The number of methoxy groups -OCH3 is 1. The Morgan fingerprint density at radius 2 is 1.87 bits per heavy atom. The van der Waals surface area contributed by atoms with Gasteiger partial charge in [-0.15, -0.1) is 0 Å². The fraction of sp³-hybridized carbons (Fsp3) is 0.500. The number of fused-ring (bicyclic) bond motifs is 4. The summed E-state index contributed by atoms with van der Waals surface area (Å²) in [7, 11) is 3.01. The lowest BCUT2D eigenvalue weighted by Gasteiger charge is -2.32. The molecule has 124 valence electrons. The van der Waals surface area contributed by atoms with E-state index in [1.165, 1.54) is 12.0 Å². The third-order valence-corrected chi connectivity index (χ3v) is 4.72. The molecule has 1 aromatic carbocycles. The lowest BCUT2D eigenvalue weighted by Crippen LogP contribution is -2.45. The molecule has 3 fully saturated rings. The Labute approximate surface area is 132 Å². The number of carbonyl (C=O) groups is 2. The third kappa shape index (κ3) is 2.64. The second kappa shape index (κ2) is 5.79. The van der Waals surface area contributed by atoms with Gasteiger partial charge in [0.15, 0.2) is 0 Å². The highest BCUT2D eigenvalue weighted by Crippen LogP contribution is 2.30. The number of likely N-dealkylation sites (N-methyl/N-ethyl adjacent to an activating group) is 1. The largest absolute Gasteiger partial charge is 0.497 e. The van der Waals surface area contributed by atoms with E-state index in [2.05, 4.69) is 0 Å². The summed E-state index contributed by atoms with van der Waals surface area (Å²) < 4.78 is 33.0. The molecule has 2 amide bonds. The molecule has 5 nitrogen and oxygen atoms in total. The Hall–Kier alpha value is -2.18. The van der Waals surface area contributed by atoms with Gasteiger partial charge in [-0.1, -0.05) is 0 Å². The van der Waals surface area contributed by atoms with E-state index in [0.717, 1.165) is 18.6 Å². The highest BCUT2D eigenvalue weighted by atomic mass is 19.1. The standard InChI is InChI=1S/C16H18F2N2O3/c1-19-10-4-3-9(15(19)21)7-20(8-10)16(22)14-12(17)5-11(23-2)6-13(14)18/h5-6,9-10H,3-4,7-8H2,1-2H3/t9-,10+/m1/s1. The van der Waals surface area contributed by atoms with Crippen molar-refractivity contribution >= 4 is 11.8 Å². The fourth-order valence-corrected chi connectivity index (χ4v) is 3.35. The summed E-state index contributed by atoms with van der Waals surface area (Å²) in [6.45, 7) is 0.492. The highest BCUT2D eigenvalue weighted by molar-refractivity contribution is 5.95. The number of piperidine rings is 1. The maximum Gasteiger partial charge on any atom is 0.259 e. The zero-order valence-electron chi connectivity index (χ0n) is 13.0. The zero-order chi connectivity index (χ0) is 16.7. The molecule has 3 saturated heterocycles. The number of halogens is 2. The monoisotopic (exact) mass is 324 g/mol. The van der Waals surface area contributed by atoms with Crippen molar-refractivity contribution < 1.29 is 23.1 Å². The van der Waals surface area contributed by atoms with Crippen molar-refractivity contribution in [2.45, 2.75) is 18.9 Å². The van der Waals surface area contributed by atoms with Crippen LogP contribution in [0, 0.1) is 17.6 Å². The van der Waals surface area contributed by atoms with E-state index in [4.69, 9.17) is 4.74 Å². The molecule has 0 radical (unpaired) electrons. The quantitative estimate of drug-likeness (QED) is 0.831. The summed E-state index contributed by atoms with van der Waals surface area (Å²) in [6, 6.07) is 1.87. The van der Waals surface area contributed by atoms with Crippen LogP contribution in [0.1, 0.15) is 23.2 Å². The molecule has 3 heterocycles. The lowest BCUT2D eigenvalue weighted by atomic mass is 9.95. The van der Waals surface area contributed by atoms with E-state index in [1.807, 2.05) is 0 Å². The van der Waals surface area contributed by atoms with Crippen LogP contribution >= 0.6 is 0 Å². The van der Waals surface area contributed by atoms with E-state index < -0.39 is 23.1 Å². The van der Waals surface area contributed by atoms with Crippen LogP contribution in [0.4, 0.5) is 8.78 Å². The maximum absolute atomic E-state index is 14.1. The predicted octanol–water partition coefficient (Wildman–Crippen LogP) is 1.67. The van der Waals surface area contributed by atoms with Crippen molar-refractivity contribution in [3.05, 3.63) is 29.3 Å². The number of rotatable bonds is 2. The number of amides is 2. The fourth-order valence-electron chi connectivity index (χ4n) is 3.35. The van der Waals surface area contributed by atoms with Crippen LogP contribution in [0.15, 0.2) is 12.1 Å².